The van der Waals surface area contributed by atoms with Gasteiger partial charge in [-0.2, -0.15) is 0 Å². The van der Waals surface area contributed by atoms with Crippen LogP contribution in [0.5, 0.6) is 0 Å². The number of imidazole rings is 1. The number of aromatic amines is 1. The van der Waals surface area contributed by atoms with Crippen LogP contribution in [-0.4, -0.2) is 37.3 Å². The standard InChI is InChI=1S/C18H25N5O/c1-11-9-13(15-19-10-12(2)21-15)22-16(20-11)14-7-6-8-23(14)17(24)18(3,4)5/h9-10,14H,6-8H2,1-5H3,(H,19,21). The van der Waals surface area contributed by atoms with E-state index in [9.17, 15) is 4.79 Å². The molecule has 6 nitrogen and oxygen atoms in total. The van der Waals surface area contributed by atoms with Gasteiger partial charge in [0, 0.05) is 29.5 Å². The molecule has 0 bridgehead atoms. The molecule has 0 saturated carbocycles. The lowest BCUT2D eigenvalue weighted by molar-refractivity contribution is -0.140. The third-order valence-electron chi connectivity index (χ3n) is 4.27. The fraction of sp³-hybridized carbons (Fsp3) is 0.556. The monoisotopic (exact) mass is 327 g/mol. The Hall–Kier alpha value is -2.24. The van der Waals surface area contributed by atoms with E-state index in [1.807, 2.05) is 45.6 Å². The number of amides is 1. The quantitative estimate of drug-likeness (QED) is 0.919. The van der Waals surface area contributed by atoms with Crippen molar-refractivity contribution in [1.82, 2.24) is 24.8 Å². The maximum absolute atomic E-state index is 12.7. The number of aromatic nitrogens is 4. The molecule has 1 aliphatic heterocycles. The van der Waals surface area contributed by atoms with E-state index in [4.69, 9.17) is 4.98 Å². The van der Waals surface area contributed by atoms with Gasteiger partial charge >= 0.3 is 0 Å². The van der Waals surface area contributed by atoms with Crippen LogP contribution in [0.25, 0.3) is 11.5 Å². The van der Waals surface area contributed by atoms with E-state index in [1.54, 1.807) is 6.20 Å². The third kappa shape index (κ3) is 3.18. The van der Waals surface area contributed by atoms with E-state index in [0.717, 1.165) is 42.3 Å². The topological polar surface area (TPSA) is 74.8 Å². The third-order valence-corrected chi connectivity index (χ3v) is 4.27. The first-order valence-electron chi connectivity index (χ1n) is 8.44. The first-order valence-corrected chi connectivity index (χ1v) is 8.44. The summed E-state index contributed by atoms with van der Waals surface area (Å²) in [6.45, 7) is 10.6. The predicted octanol–water partition coefficient (Wildman–Crippen LogP) is 3.19. The Balaban J connectivity index is 1.96. The van der Waals surface area contributed by atoms with Crippen LogP contribution in [0.15, 0.2) is 12.3 Å². The molecule has 3 heterocycles. The van der Waals surface area contributed by atoms with Gasteiger partial charge in [-0.15, -0.1) is 0 Å². The molecule has 6 heteroatoms. The van der Waals surface area contributed by atoms with E-state index < -0.39 is 5.41 Å². The van der Waals surface area contributed by atoms with Gasteiger partial charge in [0.1, 0.15) is 5.69 Å². The van der Waals surface area contributed by atoms with Crippen LogP contribution in [0.1, 0.15) is 56.9 Å². The Labute approximate surface area is 142 Å². The number of carbonyl (C=O) groups excluding carboxylic acids is 1. The molecule has 2 aromatic rings. The summed E-state index contributed by atoms with van der Waals surface area (Å²) in [7, 11) is 0. The van der Waals surface area contributed by atoms with Gasteiger partial charge < -0.3 is 9.88 Å². The van der Waals surface area contributed by atoms with Gasteiger partial charge in [0.15, 0.2) is 11.6 Å². The van der Waals surface area contributed by atoms with Crippen LogP contribution in [-0.2, 0) is 4.79 Å². The molecule has 128 valence electrons. The van der Waals surface area contributed by atoms with Gasteiger partial charge in [-0.1, -0.05) is 20.8 Å². The van der Waals surface area contributed by atoms with E-state index in [-0.39, 0.29) is 11.9 Å². The summed E-state index contributed by atoms with van der Waals surface area (Å²) in [5.41, 5.74) is 2.26. The largest absolute Gasteiger partial charge is 0.341 e. The number of H-pyrrole nitrogens is 1. The second-order valence-corrected chi connectivity index (χ2v) is 7.57. The van der Waals surface area contributed by atoms with Gasteiger partial charge in [-0.3, -0.25) is 4.79 Å². The highest BCUT2D eigenvalue weighted by atomic mass is 16.2. The molecule has 0 radical (unpaired) electrons. The number of carbonyl (C=O) groups is 1. The van der Waals surface area contributed by atoms with Crippen LogP contribution in [0.2, 0.25) is 0 Å². The minimum Gasteiger partial charge on any atom is -0.341 e. The highest BCUT2D eigenvalue weighted by Gasteiger charge is 2.37. The number of rotatable bonds is 2. The molecule has 1 unspecified atom stereocenters. The average Bonchev–Trinajstić information content (AvgIpc) is 3.13. The first kappa shape index (κ1) is 16.6. The van der Waals surface area contributed by atoms with E-state index in [0.29, 0.717) is 5.82 Å². The molecule has 1 fully saturated rings. The summed E-state index contributed by atoms with van der Waals surface area (Å²) >= 11 is 0. The normalized spacial score (nSPS) is 18.2. The van der Waals surface area contributed by atoms with E-state index in [2.05, 4.69) is 15.0 Å². The minimum absolute atomic E-state index is 0.0496. The lowest BCUT2D eigenvalue weighted by Crippen LogP contribution is -2.39. The number of nitrogens with one attached hydrogen (secondary N) is 1. The van der Waals surface area contributed by atoms with Crippen molar-refractivity contribution in [3.05, 3.63) is 29.5 Å². The van der Waals surface area contributed by atoms with Crippen LogP contribution < -0.4 is 0 Å². The van der Waals surface area contributed by atoms with Gasteiger partial charge in [0.2, 0.25) is 5.91 Å². The van der Waals surface area contributed by atoms with Crippen molar-refractivity contribution in [3.8, 4) is 11.5 Å². The molecule has 1 N–H and O–H groups in total. The summed E-state index contributed by atoms with van der Waals surface area (Å²) in [4.78, 5) is 31.6. The fourth-order valence-corrected chi connectivity index (χ4v) is 3.11. The van der Waals surface area contributed by atoms with Gasteiger partial charge in [0.25, 0.3) is 0 Å². The van der Waals surface area contributed by atoms with Crippen molar-refractivity contribution in [3.63, 3.8) is 0 Å². The summed E-state index contributed by atoms with van der Waals surface area (Å²) in [5.74, 6) is 1.62. The van der Waals surface area contributed by atoms with Crippen molar-refractivity contribution in [2.24, 2.45) is 5.41 Å². The summed E-state index contributed by atoms with van der Waals surface area (Å²) in [6.07, 6.45) is 3.68. The summed E-state index contributed by atoms with van der Waals surface area (Å²) in [6, 6.07) is 1.87. The number of aryl methyl sites for hydroxylation is 2. The number of hydrogen-bond donors (Lipinski definition) is 1. The Morgan fingerprint density at radius 3 is 2.67 bits per heavy atom. The molecular formula is C18H25N5O. The van der Waals surface area contributed by atoms with Crippen LogP contribution in [0.3, 0.4) is 0 Å². The molecule has 0 aromatic carbocycles. The fourth-order valence-electron chi connectivity index (χ4n) is 3.11. The smallest absolute Gasteiger partial charge is 0.228 e. The summed E-state index contributed by atoms with van der Waals surface area (Å²) < 4.78 is 0. The SMILES string of the molecule is Cc1cc(-c2ncc(C)[nH]2)nc(C2CCCN2C(=O)C(C)(C)C)n1. The Morgan fingerprint density at radius 1 is 1.29 bits per heavy atom. The summed E-state index contributed by atoms with van der Waals surface area (Å²) in [5, 5.41) is 0. The lowest BCUT2D eigenvalue weighted by atomic mass is 9.94. The van der Waals surface area contributed by atoms with Crippen molar-refractivity contribution < 1.29 is 4.79 Å². The molecule has 0 spiro atoms. The van der Waals surface area contributed by atoms with Crippen molar-refractivity contribution in [2.75, 3.05) is 6.54 Å². The number of likely N-dealkylation sites (tertiary alicyclic amines) is 1. The highest BCUT2D eigenvalue weighted by molar-refractivity contribution is 5.82. The molecule has 24 heavy (non-hydrogen) atoms. The molecule has 0 aliphatic carbocycles. The number of nitrogens with zero attached hydrogens (tertiary/aromatic N) is 4. The van der Waals surface area contributed by atoms with Crippen LogP contribution >= 0.6 is 0 Å². The first-order chi connectivity index (χ1) is 11.3. The second-order valence-electron chi connectivity index (χ2n) is 7.57. The van der Waals surface area contributed by atoms with Crippen molar-refractivity contribution in [2.45, 2.75) is 53.5 Å². The zero-order valence-corrected chi connectivity index (χ0v) is 15.1. The zero-order chi connectivity index (χ0) is 17.5. The Kier molecular flexibility index (Phi) is 4.15. The molecule has 1 amide bonds. The van der Waals surface area contributed by atoms with Gasteiger partial charge in [0.05, 0.1) is 6.04 Å². The molecular weight excluding hydrogens is 302 g/mol. The van der Waals surface area contributed by atoms with Crippen LogP contribution in [0.4, 0.5) is 0 Å². The molecule has 1 aliphatic rings. The van der Waals surface area contributed by atoms with Crippen molar-refractivity contribution >= 4 is 5.91 Å². The molecule has 3 rings (SSSR count). The number of hydrogen-bond acceptors (Lipinski definition) is 4. The average molecular weight is 327 g/mol. The predicted molar refractivity (Wildman–Crippen MR) is 92.2 cm³/mol. The molecule has 1 saturated heterocycles. The van der Waals surface area contributed by atoms with Crippen molar-refractivity contribution in [1.29, 1.82) is 0 Å². The van der Waals surface area contributed by atoms with Gasteiger partial charge in [-0.05, 0) is 32.8 Å². The maximum atomic E-state index is 12.7. The Morgan fingerprint density at radius 2 is 2.04 bits per heavy atom. The van der Waals surface area contributed by atoms with Gasteiger partial charge in [-0.25, -0.2) is 15.0 Å². The van der Waals surface area contributed by atoms with E-state index in [1.165, 1.54) is 0 Å². The highest BCUT2D eigenvalue weighted by Crippen LogP contribution is 2.34. The minimum atomic E-state index is -0.395. The second kappa shape index (κ2) is 6.00. The Bertz CT molecular complexity index is 759. The maximum Gasteiger partial charge on any atom is 0.228 e. The lowest BCUT2D eigenvalue weighted by Gasteiger charge is -2.30. The molecule has 2 aromatic heterocycles. The van der Waals surface area contributed by atoms with Crippen LogP contribution in [0, 0.1) is 19.3 Å². The molecule has 1 atom stereocenters. The zero-order valence-electron chi connectivity index (χ0n) is 15.1. The van der Waals surface area contributed by atoms with E-state index >= 15 is 0 Å².